The number of carbonyl (C=O) groups is 2. The number of ether oxygens (including phenoxy) is 1. The number of rotatable bonds is 5. The van der Waals surface area contributed by atoms with Crippen LogP contribution in [0.1, 0.15) is 56.2 Å². The molecule has 0 radical (unpaired) electrons. The van der Waals surface area contributed by atoms with Crippen LogP contribution in [-0.2, 0) is 27.9 Å². The summed E-state index contributed by atoms with van der Waals surface area (Å²) in [5.74, 6) is 0. The van der Waals surface area contributed by atoms with Gasteiger partial charge in [-0.2, -0.15) is 13.2 Å². The van der Waals surface area contributed by atoms with Gasteiger partial charge in [0.2, 0.25) is 0 Å². The molecule has 1 aromatic rings. The molecule has 0 heterocycles. The Labute approximate surface area is 175 Å². The van der Waals surface area contributed by atoms with E-state index in [1.54, 1.807) is 19.2 Å². The molecule has 168 valence electrons. The third kappa shape index (κ3) is 4.33. The lowest BCUT2D eigenvalue weighted by Gasteiger charge is -2.47. The lowest BCUT2D eigenvalue weighted by Crippen LogP contribution is -2.59. The zero-order valence-corrected chi connectivity index (χ0v) is 16.7. The topological polar surface area (TPSA) is 67.4 Å². The number of carbonyl (C=O) groups excluding carboxylic acids is 2. The second-order valence-corrected chi connectivity index (χ2v) is 8.13. The van der Waals surface area contributed by atoms with Crippen molar-refractivity contribution in [3.05, 3.63) is 34.9 Å². The quantitative estimate of drug-likeness (QED) is 0.689. The Morgan fingerprint density at radius 1 is 1.30 bits per heavy atom. The summed E-state index contributed by atoms with van der Waals surface area (Å²) < 4.78 is 43.5. The second-order valence-electron chi connectivity index (χ2n) is 8.13. The Bertz CT molecular complexity index is 773. The number of methoxy groups -OCH3 is 1. The van der Waals surface area contributed by atoms with Gasteiger partial charge in [-0.15, -0.1) is 0 Å². The first-order valence-corrected chi connectivity index (χ1v) is 9.87. The molecule has 1 atom stereocenters. The summed E-state index contributed by atoms with van der Waals surface area (Å²) in [6.07, 6.45) is -0.977. The number of aryl methyl sites for hydroxylation is 1. The number of fused-ring (bicyclic) bond motifs is 1. The van der Waals surface area contributed by atoms with Crippen molar-refractivity contribution in [3.63, 3.8) is 0 Å². The SMILES string of the molecule is C.CNC(=O)NC1(C=O)c2cc(CCC(F)(F)F)ccc2CC12CCC(OC)CC2. The van der Waals surface area contributed by atoms with Gasteiger partial charge < -0.3 is 20.2 Å². The third-order valence-electron chi connectivity index (χ3n) is 6.60. The van der Waals surface area contributed by atoms with Crippen molar-refractivity contribution in [1.29, 1.82) is 0 Å². The van der Waals surface area contributed by atoms with E-state index in [9.17, 15) is 22.8 Å². The van der Waals surface area contributed by atoms with Crippen LogP contribution in [0.2, 0.25) is 0 Å². The van der Waals surface area contributed by atoms with Crippen molar-refractivity contribution in [2.75, 3.05) is 14.2 Å². The molecule has 5 nitrogen and oxygen atoms in total. The highest BCUT2D eigenvalue weighted by molar-refractivity contribution is 5.84. The standard InChI is InChI=1S/C21H27F3N2O3.CH4/c1-25-18(28)26-20(13-27)17-11-14(5-10-21(22,23)24)3-4-15(17)12-19(20)8-6-16(29-2)7-9-19;/h3-4,11,13,16H,5-10,12H2,1-2H3,(H2,25,26,28);1H4. The predicted molar refractivity (Wildman–Crippen MR) is 108 cm³/mol. The van der Waals surface area contributed by atoms with Gasteiger partial charge in [0.1, 0.15) is 5.54 Å². The maximum absolute atomic E-state index is 12.7. The van der Waals surface area contributed by atoms with Gasteiger partial charge in [0.15, 0.2) is 6.29 Å². The Balaban J connectivity index is 0.00000320. The highest BCUT2D eigenvalue weighted by atomic mass is 19.4. The number of urea groups is 1. The Morgan fingerprint density at radius 2 is 1.97 bits per heavy atom. The minimum atomic E-state index is -4.25. The molecule has 3 rings (SSSR count). The molecule has 2 aliphatic rings. The van der Waals surface area contributed by atoms with Crippen LogP contribution in [0.3, 0.4) is 0 Å². The normalized spacial score (nSPS) is 27.8. The van der Waals surface area contributed by atoms with Gasteiger partial charge in [0.05, 0.1) is 6.10 Å². The fourth-order valence-corrected chi connectivity index (χ4v) is 4.99. The molecule has 30 heavy (non-hydrogen) atoms. The molecule has 8 heteroatoms. The van der Waals surface area contributed by atoms with E-state index >= 15 is 0 Å². The predicted octanol–water partition coefficient (Wildman–Crippen LogP) is 4.27. The molecule has 1 spiro atoms. The summed E-state index contributed by atoms with van der Waals surface area (Å²) in [5.41, 5.74) is 0.247. The molecule has 0 saturated heterocycles. The maximum atomic E-state index is 12.7. The lowest BCUT2D eigenvalue weighted by atomic mass is 9.62. The van der Waals surface area contributed by atoms with Gasteiger partial charge in [0.25, 0.3) is 0 Å². The van der Waals surface area contributed by atoms with Crippen LogP contribution in [-0.4, -0.2) is 38.8 Å². The van der Waals surface area contributed by atoms with E-state index < -0.39 is 29.6 Å². The minimum Gasteiger partial charge on any atom is -0.381 e. The van der Waals surface area contributed by atoms with Crippen molar-refractivity contribution in [2.24, 2.45) is 5.41 Å². The van der Waals surface area contributed by atoms with Crippen molar-refractivity contribution in [3.8, 4) is 0 Å². The number of alkyl halides is 3. The molecule has 1 saturated carbocycles. The van der Waals surface area contributed by atoms with E-state index in [4.69, 9.17) is 4.74 Å². The molecule has 0 aliphatic heterocycles. The minimum absolute atomic E-state index is 0. The molecule has 0 bridgehead atoms. The molecule has 2 N–H and O–H groups in total. The molecule has 2 aliphatic carbocycles. The number of aldehydes is 1. The largest absolute Gasteiger partial charge is 0.389 e. The molecule has 1 fully saturated rings. The molecule has 1 unspecified atom stereocenters. The molecular weight excluding hydrogens is 397 g/mol. The Morgan fingerprint density at radius 3 is 2.50 bits per heavy atom. The summed E-state index contributed by atoms with van der Waals surface area (Å²) in [6, 6.07) is 4.68. The van der Waals surface area contributed by atoms with Gasteiger partial charge in [0, 0.05) is 26.0 Å². The highest BCUT2D eigenvalue weighted by Crippen LogP contribution is 2.57. The zero-order chi connectivity index (χ0) is 21.3. The van der Waals surface area contributed by atoms with Crippen molar-refractivity contribution >= 4 is 12.3 Å². The first kappa shape index (κ1) is 24.2. The first-order valence-electron chi connectivity index (χ1n) is 9.87. The second kappa shape index (κ2) is 8.96. The molecule has 0 aromatic heterocycles. The van der Waals surface area contributed by atoms with E-state index in [0.717, 1.165) is 24.7 Å². The van der Waals surface area contributed by atoms with Gasteiger partial charge in [-0.05, 0) is 55.2 Å². The van der Waals surface area contributed by atoms with Crippen molar-refractivity contribution in [1.82, 2.24) is 10.6 Å². The molecule has 1 aromatic carbocycles. The first-order chi connectivity index (χ1) is 13.7. The Kier molecular flexibility index (Phi) is 7.22. The van der Waals surface area contributed by atoms with E-state index in [1.807, 2.05) is 6.07 Å². The van der Waals surface area contributed by atoms with Crippen LogP contribution < -0.4 is 10.6 Å². The fraction of sp³-hybridized carbons (Fsp3) is 0.636. The third-order valence-corrected chi connectivity index (χ3v) is 6.60. The van der Waals surface area contributed by atoms with Gasteiger partial charge in [-0.3, -0.25) is 0 Å². The van der Waals surface area contributed by atoms with Crippen molar-refractivity contribution < 1.29 is 27.5 Å². The van der Waals surface area contributed by atoms with Gasteiger partial charge >= 0.3 is 12.2 Å². The van der Waals surface area contributed by atoms with Crippen LogP contribution >= 0.6 is 0 Å². The highest BCUT2D eigenvalue weighted by Gasteiger charge is 2.59. The average molecular weight is 428 g/mol. The maximum Gasteiger partial charge on any atom is 0.389 e. The summed E-state index contributed by atoms with van der Waals surface area (Å²) in [7, 11) is 3.13. The zero-order valence-electron chi connectivity index (χ0n) is 16.7. The van der Waals surface area contributed by atoms with Crippen LogP contribution in [0.25, 0.3) is 0 Å². The van der Waals surface area contributed by atoms with Gasteiger partial charge in [-0.25, -0.2) is 4.79 Å². The van der Waals surface area contributed by atoms with Crippen molar-refractivity contribution in [2.45, 2.75) is 70.2 Å². The van der Waals surface area contributed by atoms with Gasteiger partial charge in [-0.1, -0.05) is 25.6 Å². The number of nitrogens with one attached hydrogen (secondary N) is 2. The van der Waals surface area contributed by atoms with E-state index in [-0.39, 0.29) is 20.0 Å². The number of hydrogen-bond acceptors (Lipinski definition) is 3. The monoisotopic (exact) mass is 428 g/mol. The van der Waals surface area contributed by atoms with E-state index in [1.165, 1.54) is 7.05 Å². The number of benzene rings is 1. The molecular formula is C22H31F3N2O3. The number of amides is 2. The van der Waals surface area contributed by atoms with E-state index in [0.29, 0.717) is 30.4 Å². The van der Waals surface area contributed by atoms with Crippen LogP contribution in [0.15, 0.2) is 18.2 Å². The molecule has 2 amide bonds. The summed E-state index contributed by atoms with van der Waals surface area (Å²) >= 11 is 0. The summed E-state index contributed by atoms with van der Waals surface area (Å²) in [6.45, 7) is 0. The van der Waals surface area contributed by atoms with Crippen LogP contribution in [0.5, 0.6) is 0 Å². The summed E-state index contributed by atoms with van der Waals surface area (Å²) in [5, 5.41) is 5.36. The summed E-state index contributed by atoms with van der Waals surface area (Å²) in [4.78, 5) is 24.8. The number of hydrogen-bond donors (Lipinski definition) is 2. The average Bonchev–Trinajstić information content (AvgIpc) is 2.95. The Hall–Kier alpha value is -2.09. The smallest absolute Gasteiger partial charge is 0.381 e. The van der Waals surface area contributed by atoms with Crippen LogP contribution in [0, 0.1) is 5.41 Å². The fourth-order valence-electron chi connectivity index (χ4n) is 4.99. The van der Waals surface area contributed by atoms with E-state index in [2.05, 4.69) is 10.6 Å². The van der Waals surface area contributed by atoms with Crippen LogP contribution in [0.4, 0.5) is 18.0 Å². The lowest BCUT2D eigenvalue weighted by molar-refractivity contribution is -0.134. The number of halogens is 3.